The van der Waals surface area contributed by atoms with Crippen LogP contribution in [-0.4, -0.2) is 36.1 Å². The fourth-order valence-corrected chi connectivity index (χ4v) is 4.23. The predicted molar refractivity (Wildman–Crippen MR) is 109 cm³/mol. The number of piperidine rings is 1. The smallest absolute Gasteiger partial charge is 0.270 e. The van der Waals surface area contributed by atoms with Crippen molar-refractivity contribution in [3.05, 3.63) is 69.8 Å². The Morgan fingerprint density at radius 1 is 1.00 bits per heavy atom. The SMILES string of the molecule is O=[N+]([O-])c1ccc(N2CCCCC2)c(C2OCCCN2Cc2ccccc2)c1. The Kier molecular flexibility index (Phi) is 5.88. The number of hydrogen-bond acceptors (Lipinski definition) is 5. The van der Waals surface area contributed by atoms with Crippen molar-refractivity contribution < 1.29 is 9.66 Å². The summed E-state index contributed by atoms with van der Waals surface area (Å²) < 4.78 is 6.19. The van der Waals surface area contributed by atoms with Crippen LogP contribution >= 0.6 is 0 Å². The number of non-ortho nitro benzene ring substituents is 1. The van der Waals surface area contributed by atoms with E-state index in [1.165, 1.54) is 12.0 Å². The lowest BCUT2D eigenvalue weighted by atomic mass is 10.0. The average molecular weight is 381 g/mol. The summed E-state index contributed by atoms with van der Waals surface area (Å²) in [6, 6.07) is 15.6. The molecular formula is C22H27N3O3. The van der Waals surface area contributed by atoms with Crippen molar-refractivity contribution in [1.82, 2.24) is 4.90 Å². The summed E-state index contributed by atoms with van der Waals surface area (Å²) in [5.41, 5.74) is 3.36. The zero-order valence-corrected chi connectivity index (χ0v) is 16.1. The largest absolute Gasteiger partial charge is 0.371 e. The molecule has 2 aromatic carbocycles. The molecule has 1 unspecified atom stereocenters. The minimum Gasteiger partial charge on any atom is -0.371 e. The maximum absolute atomic E-state index is 11.4. The molecule has 6 nitrogen and oxygen atoms in total. The predicted octanol–water partition coefficient (Wildman–Crippen LogP) is 4.51. The van der Waals surface area contributed by atoms with Crippen LogP contribution < -0.4 is 4.90 Å². The van der Waals surface area contributed by atoms with Gasteiger partial charge in [0.15, 0.2) is 0 Å². The quantitative estimate of drug-likeness (QED) is 0.563. The molecule has 6 heteroatoms. The van der Waals surface area contributed by atoms with E-state index < -0.39 is 0 Å². The lowest BCUT2D eigenvalue weighted by molar-refractivity contribution is -0.385. The Morgan fingerprint density at radius 2 is 1.79 bits per heavy atom. The molecule has 0 amide bonds. The number of nitro benzene ring substituents is 1. The second-order valence-corrected chi connectivity index (χ2v) is 7.58. The van der Waals surface area contributed by atoms with Gasteiger partial charge in [0, 0.05) is 49.6 Å². The van der Waals surface area contributed by atoms with Gasteiger partial charge in [-0.1, -0.05) is 30.3 Å². The summed E-state index contributed by atoms with van der Waals surface area (Å²) in [6.07, 6.45) is 4.28. The third-order valence-electron chi connectivity index (χ3n) is 5.61. The highest BCUT2D eigenvalue weighted by Gasteiger charge is 2.30. The van der Waals surface area contributed by atoms with Crippen molar-refractivity contribution in [2.75, 3.05) is 31.1 Å². The highest BCUT2D eigenvalue weighted by atomic mass is 16.6. The van der Waals surface area contributed by atoms with Crippen LogP contribution in [0.1, 0.15) is 43.0 Å². The van der Waals surface area contributed by atoms with Gasteiger partial charge >= 0.3 is 0 Å². The van der Waals surface area contributed by atoms with Gasteiger partial charge in [0.1, 0.15) is 6.23 Å². The van der Waals surface area contributed by atoms with Gasteiger partial charge in [-0.05, 0) is 37.3 Å². The first-order valence-corrected chi connectivity index (χ1v) is 10.2. The number of anilines is 1. The summed E-state index contributed by atoms with van der Waals surface area (Å²) in [7, 11) is 0. The van der Waals surface area contributed by atoms with E-state index in [-0.39, 0.29) is 16.8 Å². The van der Waals surface area contributed by atoms with Gasteiger partial charge in [0.2, 0.25) is 0 Å². The summed E-state index contributed by atoms with van der Waals surface area (Å²) in [5, 5.41) is 11.4. The molecule has 0 aromatic heterocycles. The molecule has 4 rings (SSSR count). The van der Waals surface area contributed by atoms with Gasteiger partial charge < -0.3 is 9.64 Å². The molecule has 2 fully saturated rings. The van der Waals surface area contributed by atoms with Gasteiger partial charge in [-0.2, -0.15) is 0 Å². The molecule has 0 aliphatic carbocycles. The van der Waals surface area contributed by atoms with Crippen LogP contribution in [0.15, 0.2) is 48.5 Å². The first-order valence-electron chi connectivity index (χ1n) is 10.2. The molecule has 0 spiro atoms. The van der Waals surface area contributed by atoms with E-state index in [1.54, 1.807) is 12.1 Å². The van der Waals surface area contributed by atoms with Gasteiger partial charge in [-0.15, -0.1) is 0 Å². The highest BCUT2D eigenvalue weighted by molar-refractivity contribution is 5.59. The molecule has 2 aliphatic rings. The average Bonchev–Trinajstić information content (AvgIpc) is 2.75. The van der Waals surface area contributed by atoms with Crippen molar-refractivity contribution in [3.8, 4) is 0 Å². The van der Waals surface area contributed by atoms with Crippen LogP contribution in [-0.2, 0) is 11.3 Å². The van der Waals surface area contributed by atoms with Crippen LogP contribution in [0.25, 0.3) is 0 Å². The van der Waals surface area contributed by atoms with Crippen molar-refractivity contribution >= 4 is 11.4 Å². The fraction of sp³-hybridized carbons (Fsp3) is 0.455. The lowest BCUT2D eigenvalue weighted by Crippen LogP contribution is -2.38. The van der Waals surface area contributed by atoms with E-state index in [2.05, 4.69) is 21.9 Å². The van der Waals surface area contributed by atoms with E-state index in [0.717, 1.165) is 56.7 Å². The molecule has 148 valence electrons. The molecule has 2 aromatic rings. The van der Waals surface area contributed by atoms with Crippen LogP contribution in [0.2, 0.25) is 0 Å². The summed E-state index contributed by atoms with van der Waals surface area (Å²) in [5.74, 6) is 0. The third-order valence-corrected chi connectivity index (χ3v) is 5.61. The van der Waals surface area contributed by atoms with Gasteiger partial charge in [-0.3, -0.25) is 15.0 Å². The standard InChI is InChI=1S/C22H27N3O3/c26-25(27)19-10-11-21(23-12-5-2-6-13-23)20(16-19)22-24(14-7-15-28-22)17-18-8-3-1-4-9-18/h1,3-4,8-11,16,22H,2,5-7,12-15,17H2. The van der Waals surface area contributed by atoms with E-state index in [1.807, 2.05) is 24.3 Å². The van der Waals surface area contributed by atoms with E-state index in [4.69, 9.17) is 4.74 Å². The summed E-state index contributed by atoms with van der Waals surface area (Å²) in [6.45, 7) is 4.36. The first-order chi connectivity index (χ1) is 13.7. The number of ether oxygens (including phenoxy) is 1. The number of nitro groups is 1. The topological polar surface area (TPSA) is 58.9 Å². The van der Waals surface area contributed by atoms with Crippen molar-refractivity contribution in [1.29, 1.82) is 0 Å². The minimum absolute atomic E-state index is 0.129. The Hall–Kier alpha value is -2.44. The second kappa shape index (κ2) is 8.71. The van der Waals surface area contributed by atoms with E-state index in [9.17, 15) is 10.1 Å². The number of hydrogen-bond donors (Lipinski definition) is 0. The third kappa shape index (κ3) is 4.18. The molecule has 2 aliphatic heterocycles. The van der Waals surface area contributed by atoms with Gasteiger partial charge in [0.05, 0.1) is 11.5 Å². The van der Waals surface area contributed by atoms with Crippen molar-refractivity contribution in [2.45, 2.75) is 38.5 Å². The Labute approximate surface area is 165 Å². The molecule has 2 heterocycles. The number of nitrogens with zero attached hydrogens (tertiary/aromatic N) is 3. The summed E-state index contributed by atoms with van der Waals surface area (Å²) in [4.78, 5) is 15.8. The molecule has 0 N–H and O–H groups in total. The van der Waals surface area contributed by atoms with Gasteiger partial charge in [0.25, 0.3) is 5.69 Å². The maximum Gasteiger partial charge on any atom is 0.270 e. The van der Waals surface area contributed by atoms with Crippen LogP contribution in [0.3, 0.4) is 0 Å². The number of rotatable bonds is 5. The molecule has 0 radical (unpaired) electrons. The minimum atomic E-state index is -0.312. The van der Waals surface area contributed by atoms with Crippen molar-refractivity contribution in [2.24, 2.45) is 0 Å². The normalized spacial score (nSPS) is 20.9. The van der Waals surface area contributed by atoms with Gasteiger partial charge in [-0.25, -0.2) is 0 Å². The second-order valence-electron chi connectivity index (χ2n) is 7.58. The Balaban J connectivity index is 1.68. The molecule has 28 heavy (non-hydrogen) atoms. The number of benzene rings is 2. The van der Waals surface area contributed by atoms with Crippen LogP contribution in [0.4, 0.5) is 11.4 Å². The maximum atomic E-state index is 11.4. The lowest BCUT2D eigenvalue weighted by Gasteiger charge is -2.39. The zero-order valence-electron chi connectivity index (χ0n) is 16.1. The zero-order chi connectivity index (χ0) is 19.3. The Morgan fingerprint density at radius 3 is 2.54 bits per heavy atom. The van der Waals surface area contributed by atoms with E-state index >= 15 is 0 Å². The first kappa shape index (κ1) is 18.9. The molecular weight excluding hydrogens is 354 g/mol. The van der Waals surface area contributed by atoms with Crippen molar-refractivity contribution in [3.63, 3.8) is 0 Å². The molecule has 0 saturated carbocycles. The molecule has 0 bridgehead atoms. The summed E-state index contributed by atoms with van der Waals surface area (Å²) >= 11 is 0. The Bertz CT molecular complexity index is 806. The van der Waals surface area contributed by atoms with Crippen LogP contribution in [0, 0.1) is 10.1 Å². The van der Waals surface area contributed by atoms with Crippen LogP contribution in [0.5, 0.6) is 0 Å². The molecule has 2 saturated heterocycles. The monoisotopic (exact) mass is 381 g/mol. The van der Waals surface area contributed by atoms with E-state index in [0.29, 0.717) is 6.61 Å². The fourth-order valence-electron chi connectivity index (χ4n) is 4.23. The highest BCUT2D eigenvalue weighted by Crippen LogP contribution is 2.37. The molecule has 1 atom stereocenters.